The van der Waals surface area contributed by atoms with E-state index in [2.05, 4.69) is 30.8 Å². The molecule has 3 rings (SSSR count). The molecule has 0 aliphatic carbocycles. The summed E-state index contributed by atoms with van der Waals surface area (Å²) in [5.74, 6) is 1.57. The molecule has 1 saturated heterocycles. The van der Waals surface area contributed by atoms with Crippen LogP contribution in [0.15, 0.2) is 6.07 Å². The number of nitrogens with zero attached hydrogens (tertiary/aromatic N) is 3. The second-order valence-electron chi connectivity index (χ2n) is 5.98. The molecule has 8 nitrogen and oxygen atoms in total. The highest BCUT2D eigenvalue weighted by Gasteiger charge is 2.21. The molecular formula is C16H24N6O2. The molecule has 0 bridgehead atoms. The number of hydrogen-bond donors (Lipinski definition) is 4. The van der Waals surface area contributed by atoms with Gasteiger partial charge in [-0.15, -0.1) is 0 Å². The van der Waals surface area contributed by atoms with E-state index < -0.39 is 0 Å². The van der Waals surface area contributed by atoms with E-state index in [4.69, 9.17) is 9.84 Å². The van der Waals surface area contributed by atoms with Crippen molar-refractivity contribution >= 4 is 11.8 Å². The molecule has 1 aliphatic rings. The zero-order chi connectivity index (χ0) is 16.9. The number of aryl methyl sites for hydroxylation is 2. The number of H-pyrrole nitrogens is 1. The summed E-state index contributed by atoms with van der Waals surface area (Å²) in [6, 6.07) is 1.98. The maximum atomic E-state index is 9.00. The summed E-state index contributed by atoms with van der Waals surface area (Å²) in [4.78, 5) is 9.05. The van der Waals surface area contributed by atoms with E-state index in [1.165, 1.54) is 0 Å². The van der Waals surface area contributed by atoms with Crippen molar-refractivity contribution in [3.63, 3.8) is 0 Å². The Kier molecular flexibility index (Phi) is 5.27. The van der Waals surface area contributed by atoms with E-state index >= 15 is 0 Å². The minimum absolute atomic E-state index is 0.0380. The lowest BCUT2D eigenvalue weighted by atomic mass is 10.0. The van der Waals surface area contributed by atoms with Crippen LogP contribution in [0, 0.1) is 13.8 Å². The third-order valence-corrected chi connectivity index (χ3v) is 4.22. The lowest BCUT2D eigenvalue weighted by Crippen LogP contribution is -2.13. The van der Waals surface area contributed by atoms with Gasteiger partial charge in [0.2, 0.25) is 5.95 Å². The molecule has 2 aromatic heterocycles. The van der Waals surface area contributed by atoms with Crippen molar-refractivity contribution in [2.75, 3.05) is 37.0 Å². The van der Waals surface area contributed by atoms with Crippen LogP contribution in [0.2, 0.25) is 0 Å². The summed E-state index contributed by atoms with van der Waals surface area (Å²) in [6.07, 6.45) is 0.968. The van der Waals surface area contributed by atoms with E-state index in [1.807, 2.05) is 19.9 Å². The van der Waals surface area contributed by atoms with Crippen LogP contribution in [-0.2, 0) is 11.3 Å². The average Bonchev–Trinajstić information content (AvgIpc) is 3.22. The number of hydrogen-bond acceptors (Lipinski definition) is 7. The predicted octanol–water partition coefficient (Wildman–Crippen LogP) is 1.34. The Bertz CT molecular complexity index is 662. The van der Waals surface area contributed by atoms with Crippen LogP contribution < -0.4 is 10.6 Å². The molecule has 4 N–H and O–H groups in total. The molecule has 1 aliphatic heterocycles. The van der Waals surface area contributed by atoms with Gasteiger partial charge in [0, 0.05) is 42.9 Å². The summed E-state index contributed by atoms with van der Waals surface area (Å²) in [6.45, 7) is 6.55. The van der Waals surface area contributed by atoms with Crippen LogP contribution in [0.1, 0.15) is 35.0 Å². The quantitative estimate of drug-likeness (QED) is 0.606. The number of aliphatic hydroxyl groups is 1. The Morgan fingerprint density at radius 2 is 2.21 bits per heavy atom. The number of rotatable bonds is 7. The van der Waals surface area contributed by atoms with Crippen molar-refractivity contribution in [1.82, 2.24) is 20.2 Å². The van der Waals surface area contributed by atoms with Gasteiger partial charge in [0.1, 0.15) is 5.82 Å². The molecule has 1 atom stereocenters. The zero-order valence-corrected chi connectivity index (χ0v) is 14.1. The molecule has 0 amide bonds. The normalized spacial score (nSPS) is 17.2. The third-order valence-electron chi connectivity index (χ3n) is 4.22. The highest BCUT2D eigenvalue weighted by molar-refractivity contribution is 5.44. The second kappa shape index (κ2) is 7.59. The summed E-state index contributed by atoms with van der Waals surface area (Å²) in [5.41, 5.74) is 4.14. The van der Waals surface area contributed by atoms with Crippen molar-refractivity contribution in [3.05, 3.63) is 28.7 Å². The summed E-state index contributed by atoms with van der Waals surface area (Å²) in [7, 11) is 0. The molecule has 0 saturated carbocycles. The fourth-order valence-electron chi connectivity index (χ4n) is 2.79. The van der Waals surface area contributed by atoms with Crippen molar-refractivity contribution in [3.8, 4) is 0 Å². The first-order valence-corrected chi connectivity index (χ1v) is 8.23. The summed E-state index contributed by atoms with van der Waals surface area (Å²) < 4.78 is 5.47. The maximum Gasteiger partial charge on any atom is 0.224 e. The number of aromatic nitrogens is 4. The van der Waals surface area contributed by atoms with E-state index in [0.717, 1.165) is 41.5 Å². The highest BCUT2D eigenvalue weighted by atomic mass is 16.5. The SMILES string of the molecule is Cc1n[nH]c(C)c1CNc1cc([C@@H]2CCOC2)nc(NCCO)n1. The Labute approximate surface area is 141 Å². The predicted molar refractivity (Wildman–Crippen MR) is 91.2 cm³/mol. The largest absolute Gasteiger partial charge is 0.395 e. The second-order valence-corrected chi connectivity index (χ2v) is 5.98. The Morgan fingerprint density at radius 1 is 1.33 bits per heavy atom. The lowest BCUT2D eigenvalue weighted by molar-refractivity contribution is 0.193. The van der Waals surface area contributed by atoms with Crippen LogP contribution in [0.25, 0.3) is 0 Å². The fourth-order valence-corrected chi connectivity index (χ4v) is 2.79. The minimum Gasteiger partial charge on any atom is -0.395 e. The van der Waals surface area contributed by atoms with Gasteiger partial charge < -0.3 is 20.5 Å². The smallest absolute Gasteiger partial charge is 0.224 e. The first kappa shape index (κ1) is 16.7. The van der Waals surface area contributed by atoms with Crippen LogP contribution >= 0.6 is 0 Å². The Morgan fingerprint density at radius 3 is 2.88 bits per heavy atom. The van der Waals surface area contributed by atoms with Crippen LogP contribution in [0.4, 0.5) is 11.8 Å². The van der Waals surface area contributed by atoms with E-state index in [0.29, 0.717) is 31.6 Å². The number of anilines is 2. The molecule has 0 spiro atoms. The molecule has 24 heavy (non-hydrogen) atoms. The van der Waals surface area contributed by atoms with Gasteiger partial charge in [-0.1, -0.05) is 0 Å². The topological polar surface area (TPSA) is 108 Å². The maximum absolute atomic E-state index is 9.00. The number of aromatic amines is 1. The number of aliphatic hydroxyl groups excluding tert-OH is 1. The van der Waals surface area contributed by atoms with Crippen molar-refractivity contribution in [2.24, 2.45) is 0 Å². The molecular weight excluding hydrogens is 308 g/mol. The fraction of sp³-hybridized carbons (Fsp3) is 0.562. The van der Waals surface area contributed by atoms with Gasteiger partial charge in [-0.2, -0.15) is 10.1 Å². The van der Waals surface area contributed by atoms with Crippen molar-refractivity contribution in [1.29, 1.82) is 0 Å². The lowest BCUT2D eigenvalue weighted by Gasteiger charge is -2.13. The molecule has 2 aromatic rings. The van der Waals surface area contributed by atoms with Gasteiger partial charge in [-0.25, -0.2) is 4.98 Å². The molecule has 0 radical (unpaired) electrons. The minimum atomic E-state index is 0.0380. The van der Waals surface area contributed by atoms with Gasteiger partial charge in [-0.3, -0.25) is 5.10 Å². The first-order chi connectivity index (χ1) is 11.7. The molecule has 8 heteroatoms. The number of nitrogens with one attached hydrogen (secondary N) is 3. The number of ether oxygens (including phenoxy) is 1. The van der Waals surface area contributed by atoms with Crippen molar-refractivity contribution in [2.45, 2.75) is 32.7 Å². The first-order valence-electron chi connectivity index (χ1n) is 8.23. The van der Waals surface area contributed by atoms with Gasteiger partial charge in [0.15, 0.2) is 0 Å². The van der Waals surface area contributed by atoms with E-state index in [9.17, 15) is 0 Å². The molecule has 130 valence electrons. The van der Waals surface area contributed by atoms with Crippen LogP contribution in [0.5, 0.6) is 0 Å². The van der Waals surface area contributed by atoms with Gasteiger partial charge in [0.25, 0.3) is 0 Å². The zero-order valence-electron chi connectivity index (χ0n) is 14.1. The standard InChI is InChI=1S/C16H24N6O2/c1-10-13(11(2)22-21-10)8-18-15-7-14(12-3-6-24-9-12)19-16(20-15)17-4-5-23/h7,12,23H,3-6,8-9H2,1-2H3,(H,21,22)(H2,17,18,19,20)/t12-/m1/s1. The van der Waals surface area contributed by atoms with E-state index in [-0.39, 0.29) is 6.61 Å². The van der Waals surface area contributed by atoms with Gasteiger partial charge >= 0.3 is 0 Å². The van der Waals surface area contributed by atoms with Gasteiger partial charge in [-0.05, 0) is 20.3 Å². The van der Waals surface area contributed by atoms with Crippen molar-refractivity contribution < 1.29 is 9.84 Å². The summed E-state index contributed by atoms with van der Waals surface area (Å²) >= 11 is 0. The monoisotopic (exact) mass is 332 g/mol. The van der Waals surface area contributed by atoms with E-state index in [1.54, 1.807) is 0 Å². The van der Waals surface area contributed by atoms with Crippen LogP contribution in [0.3, 0.4) is 0 Å². The molecule has 3 heterocycles. The van der Waals surface area contributed by atoms with Crippen LogP contribution in [-0.4, -0.2) is 51.6 Å². The van der Waals surface area contributed by atoms with Gasteiger partial charge in [0.05, 0.1) is 24.6 Å². The Hall–Kier alpha value is -2.19. The third kappa shape index (κ3) is 3.82. The highest BCUT2D eigenvalue weighted by Crippen LogP contribution is 2.26. The summed E-state index contributed by atoms with van der Waals surface area (Å²) in [5, 5.41) is 22.6. The molecule has 0 aromatic carbocycles. The molecule has 1 fully saturated rings. The Balaban J connectivity index is 1.78. The molecule has 0 unspecified atom stereocenters. The average molecular weight is 332 g/mol.